The zero-order valence-corrected chi connectivity index (χ0v) is 12.8. The third-order valence-electron chi connectivity index (χ3n) is 4.34. The number of hydrogen-bond donors (Lipinski definition) is 1. The molecule has 2 rings (SSSR count). The molecule has 1 aliphatic rings. The molecule has 4 heteroatoms. The summed E-state index contributed by atoms with van der Waals surface area (Å²) in [4.78, 5) is 4.82. The van der Waals surface area contributed by atoms with Gasteiger partial charge in [-0.3, -0.25) is 0 Å². The minimum absolute atomic E-state index is 0.159. The smallest absolute Gasteiger partial charge is 0.123 e. The van der Waals surface area contributed by atoms with E-state index in [2.05, 4.69) is 29.1 Å². The number of nitrogens with one attached hydrogen (secondary N) is 1. The van der Waals surface area contributed by atoms with Gasteiger partial charge in [0.25, 0.3) is 0 Å². The lowest BCUT2D eigenvalue weighted by Gasteiger charge is -2.38. The maximum Gasteiger partial charge on any atom is 0.123 e. The van der Waals surface area contributed by atoms with E-state index in [-0.39, 0.29) is 5.82 Å². The van der Waals surface area contributed by atoms with Gasteiger partial charge in [0.1, 0.15) is 5.82 Å². The first-order valence-electron chi connectivity index (χ1n) is 7.54. The Morgan fingerprint density at radius 2 is 2.05 bits per heavy atom. The van der Waals surface area contributed by atoms with Crippen molar-refractivity contribution in [3.8, 4) is 0 Å². The minimum Gasteiger partial charge on any atom is -0.371 e. The Morgan fingerprint density at radius 3 is 2.65 bits per heavy atom. The maximum atomic E-state index is 13.4. The van der Waals surface area contributed by atoms with Crippen molar-refractivity contribution in [2.45, 2.75) is 32.4 Å². The lowest BCUT2D eigenvalue weighted by atomic mass is 10.0. The molecule has 0 radical (unpaired) electrons. The van der Waals surface area contributed by atoms with Crippen molar-refractivity contribution in [3.05, 3.63) is 29.6 Å². The fourth-order valence-electron chi connectivity index (χ4n) is 3.05. The fourth-order valence-corrected chi connectivity index (χ4v) is 3.05. The van der Waals surface area contributed by atoms with E-state index in [9.17, 15) is 4.39 Å². The van der Waals surface area contributed by atoms with Gasteiger partial charge in [0.2, 0.25) is 0 Å². The highest BCUT2D eigenvalue weighted by atomic mass is 19.1. The van der Waals surface area contributed by atoms with Crippen LogP contribution in [0.1, 0.15) is 25.3 Å². The first kappa shape index (κ1) is 15.3. The monoisotopic (exact) mass is 279 g/mol. The van der Waals surface area contributed by atoms with Gasteiger partial charge < -0.3 is 15.1 Å². The molecule has 0 aromatic heterocycles. The quantitative estimate of drug-likeness (QED) is 0.893. The molecule has 0 spiro atoms. The minimum atomic E-state index is -0.159. The average molecular weight is 279 g/mol. The molecule has 1 aromatic carbocycles. The molecule has 0 unspecified atom stereocenters. The first-order valence-corrected chi connectivity index (χ1v) is 7.54. The number of nitrogens with zero attached hydrogens (tertiary/aromatic N) is 2. The molecule has 1 saturated heterocycles. The van der Waals surface area contributed by atoms with Gasteiger partial charge in [-0.2, -0.15) is 0 Å². The largest absolute Gasteiger partial charge is 0.371 e. The summed E-state index contributed by atoms with van der Waals surface area (Å²) in [7, 11) is 4.03. The van der Waals surface area contributed by atoms with E-state index in [1.165, 1.54) is 12.8 Å². The van der Waals surface area contributed by atoms with Gasteiger partial charge in [-0.15, -0.1) is 0 Å². The van der Waals surface area contributed by atoms with Crippen LogP contribution in [0.25, 0.3) is 0 Å². The van der Waals surface area contributed by atoms with E-state index in [4.69, 9.17) is 0 Å². The number of anilines is 1. The average Bonchev–Trinajstić information content (AvgIpc) is 2.47. The molecule has 1 heterocycles. The van der Waals surface area contributed by atoms with Gasteiger partial charge >= 0.3 is 0 Å². The molecular formula is C16H26FN3. The number of rotatable bonds is 5. The highest BCUT2D eigenvalue weighted by Gasteiger charge is 2.23. The Balaban J connectivity index is 2.10. The number of hydrogen-bond acceptors (Lipinski definition) is 3. The van der Waals surface area contributed by atoms with Crippen molar-refractivity contribution < 1.29 is 4.39 Å². The molecule has 1 aliphatic heterocycles. The van der Waals surface area contributed by atoms with E-state index < -0.39 is 0 Å². The SMILES string of the molecule is CCN1CCC(N(C)c2ccc(F)cc2CNC)CC1. The molecule has 20 heavy (non-hydrogen) atoms. The molecule has 0 amide bonds. The Hall–Kier alpha value is -1.13. The van der Waals surface area contributed by atoms with Crippen LogP contribution in [0.2, 0.25) is 0 Å². The molecule has 3 nitrogen and oxygen atoms in total. The summed E-state index contributed by atoms with van der Waals surface area (Å²) in [5, 5.41) is 3.12. The van der Waals surface area contributed by atoms with Crippen LogP contribution in [0.15, 0.2) is 18.2 Å². The molecule has 1 N–H and O–H groups in total. The molecular weight excluding hydrogens is 253 g/mol. The van der Waals surface area contributed by atoms with Crippen molar-refractivity contribution in [1.82, 2.24) is 10.2 Å². The standard InChI is InChI=1S/C16H26FN3/c1-4-20-9-7-15(8-10-20)19(3)16-6-5-14(17)11-13(16)12-18-2/h5-6,11,15,18H,4,7-10,12H2,1-3H3. The van der Waals surface area contributed by atoms with Gasteiger partial charge in [0.05, 0.1) is 0 Å². The lowest BCUT2D eigenvalue weighted by Crippen LogP contribution is -2.43. The maximum absolute atomic E-state index is 13.4. The summed E-state index contributed by atoms with van der Waals surface area (Å²) in [5.41, 5.74) is 2.18. The van der Waals surface area contributed by atoms with Crippen LogP contribution in [0.4, 0.5) is 10.1 Å². The highest BCUT2D eigenvalue weighted by molar-refractivity contribution is 5.54. The van der Waals surface area contributed by atoms with Gasteiger partial charge in [0, 0.05) is 38.4 Å². The Morgan fingerprint density at radius 1 is 1.35 bits per heavy atom. The Labute approximate surface area is 121 Å². The summed E-state index contributed by atoms with van der Waals surface area (Å²) in [6, 6.07) is 5.67. The summed E-state index contributed by atoms with van der Waals surface area (Å²) < 4.78 is 13.4. The van der Waals surface area contributed by atoms with E-state index >= 15 is 0 Å². The Bertz CT molecular complexity index is 428. The molecule has 0 saturated carbocycles. The van der Waals surface area contributed by atoms with Crippen molar-refractivity contribution in [2.75, 3.05) is 38.6 Å². The fraction of sp³-hybridized carbons (Fsp3) is 0.625. The van der Waals surface area contributed by atoms with E-state index in [1.807, 2.05) is 13.1 Å². The highest BCUT2D eigenvalue weighted by Crippen LogP contribution is 2.26. The Kier molecular flexibility index (Phi) is 5.38. The van der Waals surface area contributed by atoms with Crippen molar-refractivity contribution in [3.63, 3.8) is 0 Å². The van der Waals surface area contributed by atoms with Crippen LogP contribution >= 0.6 is 0 Å². The van der Waals surface area contributed by atoms with E-state index in [0.29, 0.717) is 12.6 Å². The van der Waals surface area contributed by atoms with Crippen LogP contribution in [0.3, 0.4) is 0 Å². The molecule has 0 aliphatic carbocycles. The second kappa shape index (κ2) is 7.04. The molecule has 0 bridgehead atoms. The predicted octanol–water partition coefficient (Wildman–Crippen LogP) is 2.47. The molecule has 0 atom stereocenters. The third-order valence-corrected chi connectivity index (χ3v) is 4.34. The third kappa shape index (κ3) is 3.49. The zero-order valence-electron chi connectivity index (χ0n) is 12.8. The van der Waals surface area contributed by atoms with E-state index in [0.717, 1.165) is 30.9 Å². The van der Waals surface area contributed by atoms with Crippen molar-refractivity contribution >= 4 is 5.69 Å². The van der Waals surface area contributed by atoms with Gasteiger partial charge in [0.15, 0.2) is 0 Å². The van der Waals surface area contributed by atoms with E-state index in [1.54, 1.807) is 12.1 Å². The molecule has 112 valence electrons. The van der Waals surface area contributed by atoms with Crippen molar-refractivity contribution in [1.29, 1.82) is 0 Å². The van der Waals surface area contributed by atoms with Crippen LogP contribution in [0, 0.1) is 5.82 Å². The lowest BCUT2D eigenvalue weighted by molar-refractivity contribution is 0.221. The zero-order chi connectivity index (χ0) is 14.5. The molecule has 1 aromatic rings. The van der Waals surface area contributed by atoms with Crippen LogP contribution < -0.4 is 10.2 Å². The van der Waals surface area contributed by atoms with Crippen LogP contribution in [0.5, 0.6) is 0 Å². The number of piperidine rings is 1. The van der Waals surface area contributed by atoms with Crippen molar-refractivity contribution in [2.24, 2.45) is 0 Å². The number of likely N-dealkylation sites (tertiary alicyclic amines) is 1. The predicted molar refractivity (Wildman–Crippen MR) is 82.7 cm³/mol. The topological polar surface area (TPSA) is 18.5 Å². The normalized spacial score (nSPS) is 17.4. The van der Waals surface area contributed by atoms with Gasteiger partial charge in [-0.1, -0.05) is 6.92 Å². The summed E-state index contributed by atoms with van der Waals surface area (Å²) in [5.74, 6) is -0.159. The summed E-state index contributed by atoms with van der Waals surface area (Å²) >= 11 is 0. The number of halogens is 1. The first-order chi connectivity index (χ1) is 9.65. The van der Waals surface area contributed by atoms with Gasteiger partial charge in [-0.05, 0) is 50.2 Å². The van der Waals surface area contributed by atoms with Crippen LogP contribution in [-0.2, 0) is 6.54 Å². The number of benzene rings is 1. The summed E-state index contributed by atoms with van der Waals surface area (Å²) in [6.45, 7) is 6.38. The summed E-state index contributed by atoms with van der Waals surface area (Å²) in [6.07, 6.45) is 2.36. The second-order valence-electron chi connectivity index (χ2n) is 5.58. The van der Waals surface area contributed by atoms with Crippen LogP contribution in [-0.4, -0.2) is 44.7 Å². The molecule has 1 fully saturated rings. The van der Waals surface area contributed by atoms with Gasteiger partial charge in [-0.25, -0.2) is 4.39 Å². The second-order valence-corrected chi connectivity index (χ2v) is 5.58.